The van der Waals surface area contributed by atoms with Gasteiger partial charge in [-0.1, -0.05) is 41.4 Å². The number of carbonyl (C=O) groups excluding carboxylic acids is 1. The maximum absolute atomic E-state index is 13.3. The summed E-state index contributed by atoms with van der Waals surface area (Å²) >= 11 is 12.0. The summed E-state index contributed by atoms with van der Waals surface area (Å²) in [5.74, 6) is 0.416. The molecule has 1 amide bonds. The fourth-order valence-electron chi connectivity index (χ4n) is 3.30. The topological polar surface area (TPSA) is 84.9 Å². The molecule has 0 saturated heterocycles. The highest BCUT2D eigenvalue weighted by atomic mass is 35.5. The number of rotatable bonds is 7. The van der Waals surface area contributed by atoms with E-state index in [1.165, 1.54) is 18.2 Å². The third-order valence-electron chi connectivity index (χ3n) is 4.90. The number of nitrogens with one attached hydrogen (secondary N) is 1. The fraction of sp³-hybridized carbons (Fsp3) is 0.174. The highest BCUT2D eigenvalue weighted by Crippen LogP contribution is 2.38. The summed E-state index contributed by atoms with van der Waals surface area (Å²) in [5, 5.41) is 3.68. The minimum Gasteiger partial charge on any atom is -0.492 e. The summed E-state index contributed by atoms with van der Waals surface area (Å²) in [6.07, 6.45) is -1.05. The van der Waals surface area contributed by atoms with E-state index >= 15 is 0 Å². The molecule has 172 valence electrons. The van der Waals surface area contributed by atoms with Crippen molar-refractivity contribution in [2.24, 2.45) is 0 Å². The van der Waals surface area contributed by atoms with Gasteiger partial charge in [0.2, 0.25) is 0 Å². The van der Waals surface area contributed by atoms with Crippen LogP contribution in [0.2, 0.25) is 10.0 Å². The van der Waals surface area contributed by atoms with Crippen LogP contribution in [0.1, 0.15) is 0 Å². The van der Waals surface area contributed by atoms with Crippen LogP contribution in [0, 0.1) is 0 Å². The number of hydrogen-bond acceptors (Lipinski definition) is 5. The highest BCUT2D eigenvalue weighted by molar-refractivity contribution is 7.92. The maximum Gasteiger partial charge on any atom is 0.264 e. The lowest BCUT2D eigenvalue weighted by atomic mass is 10.2. The van der Waals surface area contributed by atoms with Gasteiger partial charge in [-0.25, -0.2) is 8.42 Å². The van der Waals surface area contributed by atoms with E-state index in [-0.39, 0.29) is 36.0 Å². The number of carbonyl (C=O) groups is 1. The zero-order valence-electron chi connectivity index (χ0n) is 17.3. The summed E-state index contributed by atoms with van der Waals surface area (Å²) in [6.45, 7) is 0.229. The molecule has 0 fully saturated rings. The first-order valence-corrected chi connectivity index (χ1v) is 12.2. The molecule has 0 aliphatic carbocycles. The van der Waals surface area contributed by atoms with Crippen molar-refractivity contribution in [3.05, 3.63) is 82.8 Å². The van der Waals surface area contributed by atoms with Gasteiger partial charge in [0.05, 0.1) is 23.7 Å². The average molecular weight is 507 g/mol. The van der Waals surface area contributed by atoms with E-state index in [2.05, 4.69) is 5.32 Å². The second kappa shape index (κ2) is 9.91. The molecule has 0 saturated carbocycles. The first-order chi connectivity index (χ1) is 15.8. The molecule has 0 bridgehead atoms. The maximum atomic E-state index is 13.3. The summed E-state index contributed by atoms with van der Waals surface area (Å²) in [7, 11) is -3.94. The molecular formula is C23H20Cl2N2O5S. The summed E-state index contributed by atoms with van der Waals surface area (Å²) in [6, 6.07) is 19.5. The third-order valence-corrected chi connectivity index (χ3v) is 7.18. The van der Waals surface area contributed by atoms with E-state index in [4.69, 9.17) is 32.7 Å². The number of anilines is 1. The molecule has 1 N–H and O–H groups in total. The van der Waals surface area contributed by atoms with Crippen molar-refractivity contribution in [3.63, 3.8) is 0 Å². The van der Waals surface area contributed by atoms with Gasteiger partial charge in [-0.3, -0.25) is 9.10 Å². The molecule has 33 heavy (non-hydrogen) atoms. The zero-order valence-corrected chi connectivity index (χ0v) is 19.6. The Bertz CT molecular complexity index is 1240. The number of sulfonamides is 1. The second-order valence-corrected chi connectivity index (χ2v) is 9.90. The molecule has 0 aromatic heterocycles. The predicted octanol–water partition coefficient (Wildman–Crippen LogP) is 4.14. The SMILES string of the molecule is O=C(NCCOc1ccc(Cl)cc1)[C@H]1CN(S(=O)(=O)c2ccccc2)c2cc(Cl)ccc2O1. The standard InChI is InChI=1S/C23H20Cl2N2O5S/c24-16-6-9-18(10-7-16)31-13-12-26-23(28)22-15-27(20-14-17(25)8-11-21(20)32-22)33(29,30)19-4-2-1-3-5-19/h1-11,14,22H,12-13,15H2,(H,26,28)/t22-/m1/s1. The lowest BCUT2D eigenvalue weighted by Crippen LogP contribution is -2.51. The van der Waals surface area contributed by atoms with Gasteiger partial charge >= 0.3 is 0 Å². The van der Waals surface area contributed by atoms with E-state index in [1.54, 1.807) is 54.6 Å². The number of halogens is 2. The van der Waals surface area contributed by atoms with Crippen molar-refractivity contribution in [2.45, 2.75) is 11.0 Å². The minimum absolute atomic E-state index is 0.105. The van der Waals surface area contributed by atoms with Crippen LogP contribution in [0.3, 0.4) is 0 Å². The Morgan fingerprint density at radius 2 is 1.73 bits per heavy atom. The Kier molecular flexibility index (Phi) is 6.97. The van der Waals surface area contributed by atoms with Crippen LogP contribution in [0.5, 0.6) is 11.5 Å². The predicted molar refractivity (Wildman–Crippen MR) is 127 cm³/mol. The van der Waals surface area contributed by atoms with Crippen molar-refractivity contribution in [1.82, 2.24) is 5.32 Å². The largest absolute Gasteiger partial charge is 0.492 e. The lowest BCUT2D eigenvalue weighted by molar-refractivity contribution is -0.127. The van der Waals surface area contributed by atoms with Crippen LogP contribution in [0.4, 0.5) is 5.69 Å². The smallest absolute Gasteiger partial charge is 0.264 e. The van der Waals surface area contributed by atoms with E-state index in [1.807, 2.05) is 0 Å². The fourth-order valence-corrected chi connectivity index (χ4v) is 5.08. The number of benzene rings is 3. The van der Waals surface area contributed by atoms with Gasteiger partial charge in [0, 0.05) is 10.0 Å². The van der Waals surface area contributed by atoms with Crippen LogP contribution in [0.15, 0.2) is 77.7 Å². The normalized spacial score (nSPS) is 15.3. The molecule has 0 unspecified atom stereocenters. The van der Waals surface area contributed by atoms with Gasteiger partial charge in [-0.2, -0.15) is 0 Å². The van der Waals surface area contributed by atoms with Gasteiger partial charge < -0.3 is 14.8 Å². The van der Waals surface area contributed by atoms with Crippen LogP contribution in [0.25, 0.3) is 0 Å². The quantitative estimate of drug-likeness (QED) is 0.486. The third kappa shape index (κ3) is 5.35. The summed E-state index contributed by atoms with van der Waals surface area (Å²) in [5.41, 5.74) is 0.279. The molecule has 1 heterocycles. The van der Waals surface area contributed by atoms with Gasteiger partial charge in [-0.05, 0) is 54.6 Å². The number of fused-ring (bicyclic) bond motifs is 1. The number of ether oxygens (including phenoxy) is 2. The Morgan fingerprint density at radius 3 is 2.45 bits per heavy atom. The Morgan fingerprint density at radius 1 is 1.03 bits per heavy atom. The first-order valence-electron chi connectivity index (χ1n) is 10.0. The molecule has 0 radical (unpaired) electrons. The van der Waals surface area contributed by atoms with Crippen LogP contribution in [-0.2, 0) is 14.8 Å². The van der Waals surface area contributed by atoms with E-state index in [0.29, 0.717) is 15.8 Å². The lowest BCUT2D eigenvalue weighted by Gasteiger charge is -2.34. The Balaban J connectivity index is 1.47. The highest BCUT2D eigenvalue weighted by Gasteiger charge is 2.37. The van der Waals surface area contributed by atoms with Crippen molar-refractivity contribution in [1.29, 1.82) is 0 Å². The molecular weight excluding hydrogens is 487 g/mol. The Hall–Kier alpha value is -2.94. The van der Waals surface area contributed by atoms with Crippen molar-refractivity contribution < 1.29 is 22.7 Å². The van der Waals surface area contributed by atoms with Gasteiger partial charge in [0.15, 0.2) is 6.10 Å². The van der Waals surface area contributed by atoms with E-state index in [0.717, 1.165) is 4.31 Å². The molecule has 1 aliphatic heterocycles. The Labute approximate surface area is 201 Å². The monoisotopic (exact) mass is 506 g/mol. The molecule has 3 aromatic carbocycles. The molecule has 1 atom stereocenters. The van der Waals surface area contributed by atoms with Crippen molar-refractivity contribution >= 4 is 44.8 Å². The molecule has 7 nitrogen and oxygen atoms in total. The number of amides is 1. The molecule has 10 heteroatoms. The molecule has 0 spiro atoms. The van der Waals surface area contributed by atoms with Crippen LogP contribution in [-0.4, -0.2) is 40.1 Å². The van der Waals surface area contributed by atoms with E-state index < -0.39 is 22.0 Å². The van der Waals surface area contributed by atoms with Crippen molar-refractivity contribution in [3.8, 4) is 11.5 Å². The molecule has 3 aromatic rings. The van der Waals surface area contributed by atoms with Crippen LogP contribution >= 0.6 is 23.2 Å². The number of hydrogen-bond donors (Lipinski definition) is 1. The zero-order chi connectivity index (χ0) is 23.4. The number of nitrogens with zero attached hydrogens (tertiary/aromatic N) is 1. The first kappa shape index (κ1) is 23.2. The van der Waals surface area contributed by atoms with Gasteiger partial charge in [-0.15, -0.1) is 0 Å². The molecule has 4 rings (SSSR count). The average Bonchev–Trinajstić information content (AvgIpc) is 2.82. The van der Waals surface area contributed by atoms with Gasteiger partial charge in [0.1, 0.15) is 18.1 Å². The minimum atomic E-state index is -3.94. The summed E-state index contributed by atoms with van der Waals surface area (Å²) in [4.78, 5) is 12.9. The van der Waals surface area contributed by atoms with Crippen LogP contribution < -0.4 is 19.1 Å². The molecule has 1 aliphatic rings. The van der Waals surface area contributed by atoms with Crippen molar-refractivity contribution in [2.75, 3.05) is 24.0 Å². The summed E-state index contributed by atoms with van der Waals surface area (Å²) < 4.78 is 39.2. The van der Waals surface area contributed by atoms with E-state index in [9.17, 15) is 13.2 Å². The second-order valence-electron chi connectivity index (χ2n) is 7.16. The van der Waals surface area contributed by atoms with Gasteiger partial charge in [0.25, 0.3) is 15.9 Å².